The third-order valence-electron chi connectivity index (χ3n) is 7.24. The maximum atomic E-state index is 12.1. The molecule has 0 aromatic carbocycles. The zero-order chi connectivity index (χ0) is 45.9. The van der Waals surface area contributed by atoms with Crippen molar-refractivity contribution in [2.24, 2.45) is 10.7 Å². The normalized spacial score (nSPS) is 23.3. The maximum Gasteiger partial charge on any atom is 0.573 e. The molecule has 33 heteroatoms. The number of aromatic nitrogens is 4. The molecule has 0 saturated carbocycles. The van der Waals surface area contributed by atoms with Crippen molar-refractivity contribution < 1.29 is 93.5 Å². The highest BCUT2D eigenvalue weighted by Crippen LogP contribution is 2.66. The van der Waals surface area contributed by atoms with E-state index in [1.54, 1.807) is 0 Å². The second kappa shape index (κ2) is 21.5. The van der Waals surface area contributed by atoms with Crippen LogP contribution in [0.15, 0.2) is 36.6 Å². The largest absolute Gasteiger partial charge is 0.573 e. The van der Waals surface area contributed by atoms with Gasteiger partial charge in [-0.1, -0.05) is 23.7 Å². The third kappa shape index (κ3) is 16.7. The lowest BCUT2D eigenvalue weighted by Gasteiger charge is -2.19. The van der Waals surface area contributed by atoms with Crippen molar-refractivity contribution >= 4 is 35.8 Å². The molecule has 2 aliphatic heterocycles. The Kier molecular flexibility index (Phi) is 17.9. The van der Waals surface area contributed by atoms with E-state index in [1.165, 1.54) is 6.92 Å². The first-order chi connectivity index (χ1) is 28.2. The Morgan fingerprint density at radius 1 is 0.934 bits per heavy atom. The molecule has 2 aromatic heterocycles. The average Bonchev–Trinajstić information content (AvgIpc) is 3.69. The fraction of sp³-hybridized carbons (Fsp3) is 0.500. The standard InChI is InChI=1S/C16H16F3N3O7.C12H18N3O14P3/c1-9(24)28-11-5-13(29-12(11)7-23)22-6-10(14(25)21-15(22)26)3-2-4-20-8-27-16(17,18)19;13-3-1-2-7-5-15(12(18)14-11(7)17)10-4-8(16)9(27-10)6-26-31(22,23)29-32(24,25)28-30(19,20)21/h6,8,11-13,23H,4-5,7H2,1H3,(H,21,25,26);5,8-10,16H,3-4,6,13H2,(H,22,23)(H,24,25)(H,14,17,18)(H2,19,20,21)/t11-,12-,13-;8-,9-,10-/m11/s1. The number of aliphatic imine (C=N–C) groups is 1. The number of halogens is 3. The zero-order valence-corrected chi connectivity index (χ0v) is 33.3. The predicted molar refractivity (Wildman–Crippen MR) is 191 cm³/mol. The minimum Gasteiger partial charge on any atom is -0.460 e. The molecule has 2 fully saturated rings. The topological polar surface area (TPSA) is 402 Å². The highest BCUT2D eigenvalue weighted by molar-refractivity contribution is 7.66. The summed E-state index contributed by atoms with van der Waals surface area (Å²) in [5.74, 6) is 9.00. The Morgan fingerprint density at radius 2 is 1.48 bits per heavy atom. The lowest BCUT2D eigenvalue weighted by Crippen LogP contribution is -2.33. The van der Waals surface area contributed by atoms with Crippen LogP contribution in [0.25, 0.3) is 0 Å². The van der Waals surface area contributed by atoms with Gasteiger partial charge in [0.1, 0.15) is 48.4 Å². The number of nitrogens with zero attached hydrogens (tertiary/aromatic N) is 3. The zero-order valence-electron chi connectivity index (χ0n) is 30.6. The summed E-state index contributed by atoms with van der Waals surface area (Å²) in [7, 11) is -16.7. The van der Waals surface area contributed by atoms with Crippen LogP contribution >= 0.6 is 23.5 Å². The molecule has 61 heavy (non-hydrogen) atoms. The summed E-state index contributed by atoms with van der Waals surface area (Å²) in [4.78, 5) is 102. The molecule has 27 nitrogen and oxygen atoms in total. The van der Waals surface area contributed by atoms with Gasteiger partial charge in [0.25, 0.3) is 11.1 Å². The number of H-pyrrole nitrogens is 2. The van der Waals surface area contributed by atoms with E-state index in [0.717, 1.165) is 21.5 Å². The molecule has 10 N–H and O–H groups in total. The van der Waals surface area contributed by atoms with Crippen LogP contribution in [0.3, 0.4) is 0 Å². The highest BCUT2D eigenvalue weighted by atomic mass is 31.3. The van der Waals surface area contributed by atoms with E-state index in [-0.39, 0.29) is 36.9 Å². The number of aliphatic hydroxyl groups excluding tert-OH is 2. The molecule has 4 rings (SSSR count). The molecule has 0 amide bonds. The van der Waals surface area contributed by atoms with E-state index in [0.29, 0.717) is 0 Å². The Balaban J connectivity index is 0.000000327. The number of phosphoric acid groups is 3. The lowest BCUT2D eigenvalue weighted by atomic mass is 10.2. The number of rotatable bonds is 13. The molecule has 0 aliphatic carbocycles. The number of nitrogens with one attached hydrogen (secondary N) is 2. The first-order valence-electron chi connectivity index (χ1n) is 16.4. The van der Waals surface area contributed by atoms with Crippen molar-refractivity contribution in [1.29, 1.82) is 0 Å². The number of ether oxygens (including phenoxy) is 4. The van der Waals surface area contributed by atoms with Gasteiger partial charge in [-0.2, -0.15) is 8.62 Å². The third-order valence-corrected chi connectivity index (χ3v) is 11.0. The minimum absolute atomic E-state index is 0.0443. The predicted octanol–water partition coefficient (Wildman–Crippen LogP) is -2.50. The maximum absolute atomic E-state index is 12.1. The number of aromatic amines is 2. The summed E-state index contributed by atoms with van der Waals surface area (Å²) >= 11 is 0. The lowest BCUT2D eigenvalue weighted by molar-refractivity contribution is -0.280. The highest BCUT2D eigenvalue weighted by Gasteiger charge is 2.43. The van der Waals surface area contributed by atoms with Crippen molar-refractivity contribution in [2.45, 2.75) is 63.0 Å². The van der Waals surface area contributed by atoms with E-state index in [9.17, 15) is 65.9 Å². The van der Waals surface area contributed by atoms with Gasteiger partial charge in [0.05, 0.1) is 25.9 Å². The summed E-state index contributed by atoms with van der Waals surface area (Å²) in [5, 5.41) is 19.4. The van der Waals surface area contributed by atoms with Crippen LogP contribution in [0.2, 0.25) is 0 Å². The average molecular weight is 941 g/mol. The van der Waals surface area contributed by atoms with Crippen LogP contribution in [-0.4, -0.2) is 118 Å². The monoisotopic (exact) mass is 940 g/mol. The van der Waals surface area contributed by atoms with Crippen molar-refractivity contribution in [1.82, 2.24) is 19.1 Å². The summed E-state index contributed by atoms with van der Waals surface area (Å²) in [5.41, 5.74) is 1.62. The van der Waals surface area contributed by atoms with Gasteiger partial charge in [0.2, 0.25) is 0 Å². The van der Waals surface area contributed by atoms with Crippen LogP contribution in [0, 0.1) is 23.7 Å². The molecule has 8 atom stereocenters. The summed E-state index contributed by atoms with van der Waals surface area (Å²) < 4.78 is 102. The van der Waals surface area contributed by atoms with Gasteiger partial charge in [-0.15, -0.1) is 13.2 Å². The second-order valence-corrected chi connectivity index (χ2v) is 16.2. The number of esters is 1. The van der Waals surface area contributed by atoms with Crippen LogP contribution in [0.5, 0.6) is 0 Å². The first kappa shape index (κ1) is 50.8. The van der Waals surface area contributed by atoms with Gasteiger partial charge in [-0.3, -0.25) is 38.0 Å². The molecule has 338 valence electrons. The van der Waals surface area contributed by atoms with Gasteiger partial charge in [-0.05, 0) is 0 Å². The molecule has 2 unspecified atom stereocenters. The van der Waals surface area contributed by atoms with Gasteiger partial charge >= 0.3 is 47.2 Å². The second-order valence-electron chi connectivity index (χ2n) is 11.8. The minimum atomic E-state index is -5.70. The fourth-order valence-electron chi connectivity index (χ4n) is 4.92. The molecule has 2 aliphatic rings. The van der Waals surface area contributed by atoms with Crippen LogP contribution in [0.4, 0.5) is 13.2 Å². The van der Waals surface area contributed by atoms with E-state index in [4.69, 9.17) is 34.6 Å². The van der Waals surface area contributed by atoms with Crippen molar-refractivity contribution in [2.75, 3.05) is 26.3 Å². The molecule has 4 heterocycles. The summed E-state index contributed by atoms with van der Waals surface area (Å²) in [6, 6.07) is 0. The number of phosphoric ester groups is 1. The number of alkyl halides is 3. The molecule has 0 bridgehead atoms. The van der Waals surface area contributed by atoms with Crippen LogP contribution in [0.1, 0.15) is 43.3 Å². The Bertz CT molecular complexity index is 2440. The number of carbonyl (C=O) groups excluding carboxylic acids is 1. The summed E-state index contributed by atoms with van der Waals surface area (Å²) in [6.45, 7) is -0.643. The van der Waals surface area contributed by atoms with Gasteiger partial charge in [0.15, 0.2) is 6.40 Å². The van der Waals surface area contributed by atoms with Crippen molar-refractivity contribution in [3.05, 3.63) is 65.2 Å². The first-order valence-corrected chi connectivity index (χ1v) is 20.9. The number of carbonyl (C=O) groups is 1. The molecule has 0 radical (unpaired) electrons. The molecule has 2 saturated heterocycles. The van der Waals surface area contributed by atoms with Crippen LogP contribution < -0.4 is 28.2 Å². The molecule has 0 spiro atoms. The molecular weight excluding hydrogens is 906 g/mol. The van der Waals surface area contributed by atoms with Crippen molar-refractivity contribution in [3.8, 4) is 23.7 Å². The smallest absolute Gasteiger partial charge is 0.460 e. The quantitative estimate of drug-likeness (QED) is 0.0330. The van der Waals surface area contributed by atoms with Gasteiger partial charge < -0.3 is 54.5 Å². The van der Waals surface area contributed by atoms with Crippen LogP contribution in [-0.2, 0) is 50.6 Å². The summed E-state index contributed by atoms with van der Waals surface area (Å²) in [6.07, 6.45) is -9.21. The van der Waals surface area contributed by atoms with Gasteiger partial charge in [0, 0.05) is 32.2 Å². The Labute approximate surface area is 337 Å². The van der Waals surface area contributed by atoms with E-state index in [1.807, 2.05) is 9.97 Å². The van der Waals surface area contributed by atoms with Crippen molar-refractivity contribution in [3.63, 3.8) is 0 Å². The number of hydrogen-bond donors (Lipinski definition) is 9. The molecule has 2 aromatic rings. The Hall–Kier alpha value is -4.58. The molecular formula is C28H34F3N6O21P3. The van der Waals surface area contributed by atoms with Gasteiger partial charge in [-0.25, -0.2) is 28.3 Å². The number of nitrogens with two attached hydrogens (primary N) is 1. The Morgan fingerprint density at radius 3 is 1.98 bits per heavy atom. The number of aliphatic hydroxyl groups is 2. The van der Waals surface area contributed by atoms with E-state index >= 15 is 0 Å². The SMILES string of the molecule is CC(=O)O[C@@H]1C[C@H](n2cc(C#CCN=COC(F)(F)F)c(=O)[nH]c2=O)O[C@@H]1CO.NCC#Cc1cn([C@H]2C[C@@H](O)[C@@H](COP(=O)(O)OP(=O)(O)OP(=O)(O)O)O2)c(=O)[nH]c1=O. The van der Waals surface area contributed by atoms with E-state index in [2.05, 4.69) is 46.6 Å². The number of hydrogen-bond acceptors (Lipinski definition) is 19. The fourth-order valence-corrected chi connectivity index (χ4v) is 7.95. The van der Waals surface area contributed by atoms with E-state index < -0.39 is 115 Å².